The van der Waals surface area contributed by atoms with Crippen molar-refractivity contribution in [3.63, 3.8) is 0 Å². The molecular weight excluding hydrogens is 348 g/mol. The number of carbonyl (C=O) groups is 1. The number of benzene rings is 2. The topological polar surface area (TPSA) is 60.3 Å². The highest BCUT2D eigenvalue weighted by molar-refractivity contribution is 7.16. The Labute approximate surface area is 156 Å². The minimum atomic E-state index is -0.633. The molecule has 0 bridgehead atoms. The van der Waals surface area contributed by atoms with Crippen molar-refractivity contribution in [3.8, 4) is 5.75 Å². The van der Waals surface area contributed by atoms with Crippen LogP contribution in [0.4, 0.5) is 5.69 Å². The number of amides is 1. The number of fused-ring (bicyclic) bond motifs is 1. The monoisotopic (exact) mass is 370 g/mol. The summed E-state index contributed by atoms with van der Waals surface area (Å²) in [5.41, 5.74) is 3.73. The molecule has 0 saturated carbocycles. The first-order chi connectivity index (χ1) is 12.4. The molecule has 3 rings (SSSR count). The van der Waals surface area contributed by atoms with Gasteiger partial charge in [-0.1, -0.05) is 17.4 Å². The maximum atomic E-state index is 12.5. The smallest absolute Gasteiger partial charge is 0.308 e. The predicted octanol–water partition coefficient (Wildman–Crippen LogP) is 4.11. The highest BCUT2D eigenvalue weighted by Crippen LogP contribution is 2.23. The summed E-state index contributed by atoms with van der Waals surface area (Å²) < 4.78 is 8.35. The third kappa shape index (κ3) is 3.80. The first kappa shape index (κ1) is 18.2. The quantitative estimate of drug-likeness (QED) is 0.735. The number of aryl methyl sites for hydroxylation is 3. The van der Waals surface area contributed by atoms with Gasteiger partial charge in [-0.2, -0.15) is 0 Å². The van der Waals surface area contributed by atoms with Crippen LogP contribution in [-0.4, -0.2) is 16.6 Å². The molecule has 6 heteroatoms. The lowest BCUT2D eigenvalue weighted by Crippen LogP contribution is -2.30. The first-order valence-electron chi connectivity index (χ1n) is 8.56. The molecule has 1 aromatic heterocycles. The van der Waals surface area contributed by atoms with E-state index in [1.54, 1.807) is 11.5 Å². The first-order valence-corrected chi connectivity index (χ1v) is 9.38. The molecule has 0 radical (unpaired) electrons. The van der Waals surface area contributed by atoms with E-state index in [4.69, 9.17) is 4.74 Å². The Hall–Kier alpha value is -2.60. The minimum Gasteiger partial charge on any atom is -0.481 e. The van der Waals surface area contributed by atoms with Gasteiger partial charge in [-0.05, 0) is 69.2 Å². The Morgan fingerprint density at radius 2 is 1.88 bits per heavy atom. The van der Waals surface area contributed by atoms with Crippen molar-refractivity contribution in [1.82, 2.24) is 4.57 Å². The number of carbonyl (C=O) groups excluding carboxylic acids is 1. The summed E-state index contributed by atoms with van der Waals surface area (Å²) in [7, 11) is 0. The van der Waals surface area contributed by atoms with E-state index in [1.165, 1.54) is 11.3 Å². The molecule has 136 valence electrons. The Morgan fingerprint density at radius 1 is 1.19 bits per heavy atom. The summed E-state index contributed by atoms with van der Waals surface area (Å²) in [4.78, 5) is 24.4. The molecule has 0 spiro atoms. The molecule has 5 nitrogen and oxygen atoms in total. The number of nitrogens with one attached hydrogen (secondary N) is 1. The zero-order chi connectivity index (χ0) is 18.8. The second kappa shape index (κ2) is 7.33. The van der Waals surface area contributed by atoms with E-state index in [-0.39, 0.29) is 10.8 Å². The van der Waals surface area contributed by atoms with E-state index in [2.05, 4.69) is 11.4 Å². The van der Waals surface area contributed by atoms with Gasteiger partial charge in [-0.15, -0.1) is 0 Å². The second-order valence-electron chi connectivity index (χ2n) is 6.37. The summed E-state index contributed by atoms with van der Waals surface area (Å²) in [6.07, 6.45) is -0.633. The fraction of sp³-hybridized carbons (Fsp3) is 0.300. The Kier molecular flexibility index (Phi) is 5.13. The Balaban J connectivity index is 1.74. The van der Waals surface area contributed by atoms with Gasteiger partial charge in [0.1, 0.15) is 5.75 Å². The van der Waals surface area contributed by atoms with Crippen molar-refractivity contribution in [1.29, 1.82) is 0 Å². The molecule has 1 amide bonds. The van der Waals surface area contributed by atoms with Crippen molar-refractivity contribution in [3.05, 3.63) is 57.2 Å². The van der Waals surface area contributed by atoms with Crippen LogP contribution in [0.3, 0.4) is 0 Å². The molecule has 1 N–H and O–H groups in total. The highest BCUT2D eigenvalue weighted by Gasteiger charge is 2.16. The van der Waals surface area contributed by atoms with Crippen LogP contribution in [0.2, 0.25) is 0 Å². The van der Waals surface area contributed by atoms with E-state index >= 15 is 0 Å². The van der Waals surface area contributed by atoms with E-state index in [1.807, 2.05) is 51.1 Å². The van der Waals surface area contributed by atoms with Gasteiger partial charge >= 0.3 is 4.87 Å². The molecule has 1 heterocycles. The van der Waals surface area contributed by atoms with Crippen LogP contribution in [0.5, 0.6) is 5.75 Å². The molecule has 26 heavy (non-hydrogen) atoms. The van der Waals surface area contributed by atoms with Gasteiger partial charge in [0.15, 0.2) is 6.10 Å². The van der Waals surface area contributed by atoms with Crippen LogP contribution >= 0.6 is 11.3 Å². The Morgan fingerprint density at radius 3 is 2.54 bits per heavy atom. The van der Waals surface area contributed by atoms with E-state index in [9.17, 15) is 9.59 Å². The molecular formula is C20H22N2O3S. The number of hydrogen-bond donors (Lipinski definition) is 1. The van der Waals surface area contributed by atoms with Gasteiger partial charge in [-0.25, -0.2) is 0 Å². The second-order valence-corrected chi connectivity index (χ2v) is 7.36. The van der Waals surface area contributed by atoms with Crippen LogP contribution in [0.1, 0.15) is 25.0 Å². The molecule has 3 aromatic rings. The average Bonchev–Trinajstić information content (AvgIpc) is 2.87. The summed E-state index contributed by atoms with van der Waals surface area (Å²) in [5.74, 6) is 0.449. The van der Waals surface area contributed by atoms with Crippen molar-refractivity contribution in [2.45, 2.75) is 40.3 Å². The summed E-state index contributed by atoms with van der Waals surface area (Å²) in [6, 6.07) is 11.4. The Bertz CT molecular complexity index is 999. The van der Waals surface area contributed by atoms with Crippen molar-refractivity contribution in [2.24, 2.45) is 0 Å². The van der Waals surface area contributed by atoms with Crippen LogP contribution < -0.4 is 14.9 Å². The maximum absolute atomic E-state index is 12.5. The SMILES string of the molecule is CCn1c(=O)sc2cc(NC(=O)C(C)Oc3cc(C)cc(C)c3)ccc21. The zero-order valence-electron chi connectivity index (χ0n) is 15.3. The van der Waals surface area contributed by atoms with Gasteiger partial charge in [0.25, 0.3) is 5.91 Å². The van der Waals surface area contributed by atoms with Crippen LogP contribution in [0.25, 0.3) is 10.2 Å². The van der Waals surface area contributed by atoms with Crippen molar-refractivity contribution >= 4 is 33.1 Å². The molecule has 2 aromatic carbocycles. The average molecular weight is 370 g/mol. The lowest BCUT2D eigenvalue weighted by atomic mass is 10.1. The van der Waals surface area contributed by atoms with Gasteiger partial charge < -0.3 is 10.1 Å². The predicted molar refractivity (Wildman–Crippen MR) is 106 cm³/mol. The number of aromatic nitrogens is 1. The van der Waals surface area contributed by atoms with Gasteiger partial charge in [0.05, 0.1) is 10.2 Å². The lowest BCUT2D eigenvalue weighted by molar-refractivity contribution is -0.122. The third-order valence-corrected chi connectivity index (χ3v) is 5.07. The van der Waals surface area contributed by atoms with Gasteiger partial charge in [0.2, 0.25) is 0 Å². The lowest BCUT2D eigenvalue weighted by Gasteiger charge is -2.15. The normalized spacial score (nSPS) is 12.2. The van der Waals surface area contributed by atoms with Crippen molar-refractivity contribution < 1.29 is 9.53 Å². The van der Waals surface area contributed by atoms with E-state index in [0.29, 0.717) is 18.0 Å². The van der Waals surface area contributed by atoms with Gasteiger partial charge in [0, 0.05) is 12.2 Å². The largest absolute Gasteiger partial charge is 0.481 e. The molecule has 0 aliphatic carbocycles. The zero-order valence-corrected chi connectivity index (χ0v) is 16.1. The molecule has 1 unspecified atom stereocenters. The maximum Gasteiger partial charge on any atom is 0.308 e. The number of nitrogens with zero attached hydrogens (tertiary/aromatic N) is 1. The molecule has 0 aliphatic heterocycles. The van der Waals surface area contributed by atoms with Crippen molar-refractivity contribution in [2.75, 3.05) is 5.32 Å². The standard InChI is InChI=1S/C20H22N2O3S/c1-5-22-17-7-6-15(11-18(17)26-20(22)24)21-19(23)14(4)25-16-9-12(2)8-13(3)10-16/h6-11,14H,5H2,1-4H3,(H,21,23). The van der Waals surface area contributed by atoms with E-state index < -0.39 is 6.10 Å². The van der Waals surface area contributed by atoms with Crippen LogP contribution in [0, 0.1) is 13.8 Å². The van der Waals surface area contributed by atoms with Crippen LogP contribution in [0.15, 0.2) is 41.2 Å². The number of anilines is 1. The number of thiazole rings is 1. The van der Waals surface area contributed by atoms with Crippen LogP contribution in [-0.2, 0) is 11.3 Å². The number of rotatable bonds is 5. The number of hydrogen-bond acceptors (Lipinski definition) is 4. The third-order valence-electron chi connectivity index (χ3n) is 4.13. The fourth-order valence-corrected chi connectivity index (χ4v) is 3.94. The fourth-order valence-electron chi connectivity index (χ4n) is 2.95. The van der Waals surface area contributed by atoms with E-state index in [0.717, 1.165) is 21.3 Å². The summed E-state index contributed by atoms with van der Waals surface area (Å²) >= 11 is 1.18. The molecule has 0 saturated heterocycles. The minimum absolute atomic E-state index is 0.0116. The molecule has 0 fully saturated rings. The molecule has 0 aliphatic rings. The highest BCUT2D eigenvalue weighted by atomic mass is 32.1. The summed E-state index contributed by atoms with van der Waals surface area (Å²) in [5, 5.41) is 2.86. The summed E-state index contributed by atoms with van der Waals surface area (Å²) in [6.45, 7) is 8.28. The van der Waals surface area contributed by atoms with Gasteiger partial charge in [-0.3, -0.25) is 14.2 Å². The number of ether oxygens (including phenoxy) is 1. The molecule has 1 atom stereocenters.